The number of hydrogen-bond donors (Lipinski definition) is 2. The van der Waals surface area contributed by atoms with E-state index in [1.54, 1.807) is 29.5 Å². The van der Waals surface area contributed by atoms with Crippen molar-refractivity contribution in [3.63, 3.8) is 0 Å². The molecule has 0 saturated carbocycles. The van der Waals surface area contributed by atoms with Crippen LogP contribution in [0.25, 0.3) is 20.4 Å². The quantitative estimate of drug-likeness (QED) is 0.222. The first-order chi connectivity index (χ1) is 20.1. The number of carbonyl (C=O) groups excluding carboxylic acids is 2. The Labute approximate surface area is 285 Å². The Bertz CT molecular complexity index is 1570. The van der Waals surface area contributed by atoms with Crippen LogP contribution in [0.3, 0.4) is 0 Å². The van der Waals surface area contributed by atoms with E-state index in [1.807, 2.05) is 24.3 Å². The number of aliphatic carboxylic acids is 1. The second-order valence-electron chi connectivity index (χ2n) is 7.49. The Morgan fingerprint density at radius 3 is 1.93 bits per heavy atom. The van der Waals surface area contributed by atoms with Gasteiger partial charge in [-0.15, -0.1) is 73.0 Å². The maximum absolute atomic E-state index is 11.1. The normalized spacial score (nSPS) is 16.4. The largest absolute Gasteiger partial charge is 2.00 e. The molecule has 21 heteroatoms. The van der Waals surface area contributed by atoms with Crippen molar-refractivity contribution >= 4 is 146 Å². The van der Waals surface area contributed by atoms with E-state index in [0.29, 0.717) is 11.5 Å². The number of para-hydroxylation sites is 1. The molecule has 2 N–H and O–H groups in total. The number of hydrogen-bond acceptors (Lipinski definition) is 15. The molecule has 4 heterocycles. The number of thioether (sulfide) groups is 2. The number of aromatic nitrogens is 2. The van der Waals surface area contributed by atoms with E-state index in [2.05, 4.69) is 46.7 Å². The number of thiazole rings is 2. The van der Waals surface area contributed by atoms with Crippen molar-refractivity contribution in [1.82, 2.24) is 9.97 Å². The number of phenols is 1. The molecule has 6 rings (SSSR count). The zero-order valence-corrected chi connectivity index (χ0v) is 30.8. The summed E-state index contributed by atoms with van der Waals surface area (Å²) < 4.78 is 2.01. The summed E-state index contributed by atoms with van der Waals surface area (Å²) in [4.78, 5) is 58.1. The molecule has 0 radical (unpaired) electrons. The van der Waals surface area contributed by atoms with Crippen LogP contribution in [0.15, 0.2) is 52.4 Å². The Balaban J connectivity index is 0.000000333. The zero-order chi connectivity index (χ0) is 31.2. The predicted molar refractivity (Wildman–Crippen MR) is 188 cm³/mol. The summed E-state index contributed by atoms with van der Waals surface area (Å²) in [5, 5.41) is 32.4. The second kappa shape index (κ2) is 20.9. The first kappa shape index (κ1) is 40.0. The zero-order valence-electron chi connectivity index (χ0n) is 21.8. The summed E-state index contributed by atoms with van der Waals surface area (Å²) >= 11 is 5.91. The van der Waals surface area contributed by atoms with Gasteiger partial charge in [-0.25, -0.2) is 14.8 Å². The molecule has 0 fully saturated rings. The van der Waals surface area contributed by atoms with E-state index in [1.165, 1.54) is 34.9 Å². The van der Waals surface area contributed by atoms with Crippen molar-refractivity contribution in [1.29, 1.82) is 0 Å². The fraction of sp³-hybridized carbons (Fsp3) is 0.182. The summed E-state index contributed by atoms with van der Waals surface area (Å²) in [5.41, 5.74) is 1.77. The number of phenolic OH excluding ortho intramolecular Hbond substituents is 1. The number of rotatable bonds is 3. The topological polar surface area (TPSA) is 199 Å². The Hall–Kier alpha value is -1.04. The van der Waals surface area contributed by atoms with Crippen LogP contribution in [0.4, 0.5) is 0 Å². The van der Waals surface area contributed by atoms with Gasteiger partial charge in [0.2, 0.25) is 0 Å². The third kappa shape index (κ3) is 13.1. The summed E-state index contributed by atoms with van der Waals surface area (Å²) in [6.45, 7) is 0.130. The van der Waals surface area contributed by atoms with Gasteiger partial charge in [-0.05, 0) is 43.5 Å². The van der Waals surface area contributed by atoms with E-state index in [-0.39, 0.29) is 41.9 Å². The van der Waals surface area contributed by atoms with Gasteiger partial charge in [-0.2, -0.15) is 9.59 Å². The molecule has 43 heavy (non-hydrogen) atoms. The molecule has 4 aromatic rings. The van der Waals surface area contributed by atoms with Crippen LogP contribution in [0.1, 0.15) is 10.0 Å². The van der Waals surface area contributed by atoms with E-state index in [0.717, 1.165) is 40.5 Å². The molecule has 0 saturated heterocycles. The molecule has 5 atom stereocenters. The SMILES string of the molecule is O=C(O)C1CSC(c2nc3ccccc3s2)=N1.O=C=O.O=O.PP(P)P.[Mg+2].[O-]C1CSC(c2nc3ccc(O)cc3s2)=N1. The molecule has 2 aliphatic rings. The van der Waals surface area contributed by atoms with Gasteiger partial charge in [-0.1, -0.05) is 12.1 Å². The summed E-state index contributed by atoms with van der Waals surface area (Å²) in [7, 11) is 7.94. The van der Waals surface area contributed by atoms with Gasteiger partial charge in [0, 0.05) is 21.4 Å². The van der Waals surface area contributed by atoms with Crippen molar-refractivity contribution in [3.8, 4) is 5.75 Å². The number of carboxylic acids is 1. The summed E-state index contributed by atoms with van der Waals surface area (Å²) in [6, 6.07) is 12.3. The molecule has 0 bridgehead atoms. The van der Waals surface area contributed by atoms with Gasteiger partial charge < -0.3 is 15.3 Å². The Kier molecular flexibility index (Phi) is 19.4. The third-order valence-corrected chi connectivity index (χ3v) is 9.00. The van der Waals surface area contributed by atoms with Gasteiger partial charge in [0.1, 0.15) is 25.9 Å². The number of fused-ring (bicyclic) bond motifs is 2. The fourth-order valence-corrected chi connectivity index (χ4v) is 7.05. The minimum atomic E-state index is -0.867. The molecular formula is C22H21MgN4O8P4S4+. The fourth-order valence-electron chi connectivity index (χ4n) is 3.06. The van der Waals surface area contributed by atoms with Crippen LogP contribution in [-0.2, 0) is 14.4 Å². The molecule has 0 amide bonds. The van der Waals surface area contributed by atoms with Crippen molar-refractivity contribution in [2.45, 2.75) is 12.3 Å². The van der Waals surface area contributed by atoms with Crippen molar-refractivity contribution < 1.29 is 29.7 Å². The molecule has 5 unspecified atom stereocenters. The standard InChI is InChI=1S/C11H8N2O2S2.C10H7N2O2S2.CO2.Mg.O2.H6P4/c14-11(15)7-5-16-9(13-7)10-12-6-3-1-2-4-8(6)17-10;13-5-1-2-6-7(3-5)16-10(11-6)9-12-8(14)4-15-9;2-1-3;;1-2;1-4(2)3/h1-4,7H,5H2,(H,14,15);1-3,8,13H,4H2;;;;1-3H2/q;-1;;+2;;. The van der Waals surface area contributed by atoms with Crippen molar-refractivity contribution in [2.75, 3.05) is 11.5 Å². The summed E-state index contributed by atoms with van der Waals surface area (Å²) in [6.07, 6.45) is -0.611. The second-order valence-corrected chi connectivity index (χ2v) is 23.2. The number of aromatic hydroxyl groups is 1. The first-order valence-electron chi connectivity index (χ1n) is 11.1. The minimum Gasteiger partial charge on any atom is -0.834 e. The van der Waals surface area contributed by atoms with Crippen molar-refractivity contribution in [3.05, 3.63) is 62.4 Å². The van der Waals surface area contributed by atoms with Gasteiger partial charge in [0.25, 0.3) is 0 Å². The minimum absolute atomic E-state index is 0. The van der Waals surface area contributed by atoms with Gasteiger partial charge in [0.05, 0.1) is 20.4 Å². The number of nitrogens with zero attached hydrogens (tertiary/aromatic N) is 4. The van der Waals surface area contributed by atoms with Crippen LogP contribution in [0.2, 0.25) is 0 Å². The molecule has 0 spiro atoms. The monoisotopic (exact) mass is 745 g/mol. The maximum atomic E-state index is 11.1. The van der Waals surface area contributed by atoms with E-state index in [9.17, 15) is 15.0 Å². The Morgan fingerprint density at radius 1 is 0.907 bits per heavy atom. The maximum Gasteiger partial charge on any atom is 2.00 e. The molecule has 2 aromatic carbocycles. The first-order valence-corrected chi connectivity index (χ1v) is 20.9. The van der Waals surface area contributed by atoms with Crippen LogP contribution in [0.5, 0.6) is 5.75 Å². The molecular weight excluding hydrogens is 725 g/mol. The van der Waals surface area contributed by atoms with Crippen LogP contribution in [0, 0.1) is 9.93 Å². The van der Waals surface area contributed by atoms with Crippen molar-refractivity contribution in [2.24, 2.45) is 9.98 Å². The van der Waals surface area contributed by atoms with E-state index < -0.39 is 18.2 Å². The summed E-state index contributed by atoms with van der Waals surface area (Å²) in [5.74, 6) is 0.343. The average molecular weight is 746 g/mol. The molecule has 2 aliphatic heterocycles. The van der Waals surface area contributed by atoms with Gasteiger partial charge >= 0.3 is 35.2 Å². The van der Waals surface area contributed by atoms with Gasteiger partial charge in [-0.3, -0.25) is 9.98 Å². The van der Waals surface area contributed by atoms with Crippen LogP contribution < -0.4 is 5.11 Å². The number of carboxylic acid groups (broad SMARTS) is 1. The van der Waals surface area contributed by atoms with E-state index >= 15 is 0 Å². The van der Waals surface area contributed by atoms with Gasteiger partial charge in [0.15, 0.2) is 6.04 Å². The molecule has 222 valence electrons. The average Bonchev–Trinajstić information content (AvgIpc) is 3.75. The molecule has 0 aliphatic carbocycles. The number of aliphatic imine (C=N–C) groups is 2. The molecule has 2 aromatic heterocycles. The smallest absolute Gasteiger partial charge is 0.834 e. The van der Waals surface area contributed by atoms with Crippen LogP contribution in [-0.4, -0.2) is 89.2 Å². The third-order valence-electron chi connectivity index (χ3n) is 4.59. The van der Waals surface area contributed by atoms with Crippen LogP contribution >= 0.6 is 80.0 Å². The Morgan fingerprint density at radius 2 is 1.42 bits per heavy atom. The molecule has 12 nitrogen and oxygen atoms in total. The predicted octanol–water partition coefficient (Wildman–Crippen LogP) is 4.37. The number of carbonyl (C=O) groups is 1. The van der Waals surface area contributed by atoms with E-state index in [4.69, 9.17) is 24.6 Å². The number of benzene rings is 2.